The van der Waals surface area contributed by atoms with Gasteiger partial charge in [0.15, 0.2) is 0 Å². The molecule has 1 aromatic rings. The average Bonchev–Trinajstić information content (AvgIpc) is 2.92. The third kappa shape index (κ3) is 3.79. The van der Waals surface area contributed by atoms with E-state index in [1.54, 1.807) is 0 Å². The number of hydrogen-bond acceptors (Lipinski definition) is 6. The molecule has 2 N–H and O–H groups in total. The van der Waals surface area contributed by atoms with Gasteiger partial charge in [-0.3, -0.25) is 29.4 Å². The summed E-state index contributed by atoms with van der Waals surface area (Å²) in [6.07, 6.45) is 1.84. The molecule has 162 valence electrons. The van der Waals surface area contributed by atoms with Crippen molar-refractivity contribution >= 4 is 41.7 Å². The Morgan fingerprint density at radius 3 is 2.30 bits per heavy atom. The molecule has 3 heterocycles. The van der Waals surface area contributed by atoms with Crippen LogP contribution in [0.4, 0.5) is 10.1 Å². The maximum atomic E-state index is 14.8. The van der Waals surface area contributed by atoms with E-state index in [1.807, 2.05) is 11.8 Å². The number of fused-ring (bicyclic) bond motifs is 1. The van der Waals surface area contributed by atoms with E-state index in [9.17, 15) is 23.6 Å². The first-order chi connectivity index (χ1) is 13.9. The quantitative estimate of drug-likeness (QED) is 0.686. The van der Waals surface area contributed by atoms with Gasteiger partial charge in [0.1, 0.15) is 11.9 Å². The Kier molecular flexibility index (Phi) is 6.42. The molecule has 2 fully saturated rings. The van der Waals surface area contributed by atoms with Crippen LogP contribution in [0.15, 0.2) is 12.1 Å². The number of piperidine rings is 2. The number of amides is 4. The number of rotatable bonds is 4. The van der Waals surface area contributed by atoms with Gasteiger partial charge in [-0.1, -0.05) is 6.92 Å². The minimum atomic E-state index is -1.05. The fourth-order valence-electron chi connectivity index (χ4n) is 4.33. The van der Waals surface area contributed by atoms with E-state index in [0.717, 1.165) is 30.4 Å². The lowest BCUT2D eigenvalue weighted by Gasteiger charge is -2.34. The van der Waals surface area contributed by atoms with E-state index in [-0.39, 0.29) is 36.4 Å². The van der Waals surface area contributed by atoms with Gasteiger partial charge in [0.2, 0.25) is 11.8 Å². The number of anilines is 1. The van der Waals surface area contributed by atoms with Crippen LogP contribution < -0.4 is 15.5 Å². The normalized spacial score (nSPS) is 22.1. The topological polar surface area (TPSA) is 98.8 Å². The van der Waals surface area contributed by atoms with E-state index >= 15 is 0 Å². The highest BCUT2D eigenvalue weighted by molar-refractivity contribution is 6.23. The van der Waals surface area contributed by atoms with Crippen molar-refractivity contribution in [1.82, 2.24) is 15.5 Å². The fourth-order valence-corrected chi connectivity index (χ4v) is 4.33. The molecule has 10 heteroatoms. The van der Waals surface area contributed by atoms with Crippen LogP contribution in [0.1, 0.15) is 53.3 Å². The third-order valence-corrected chi connectivity index (χ3v) is 5.84. The predicted octanol–water partition coefficient (Wildman–Crippen LogP) is 1.23. The van der Waals surface area contributed by atoms with Crippen LogP contribution in [0.3, 0.4) is 0 Å². The van der Waals surface area contributed by atoms with Gasteiger partial charge in [-0.25, -0.2) is 4.39 Å². The highest BCUT2D eigenvalue weighted by Crippen LogP contribution is 2.33. The molecule has 30 heavy (non-hydrogen) atoms. The second-order valence-electron chi connectivity index (χ2n) is 7.62. The largest absolute Gasteiger partial charge is 0.369 e. The Hall–Kier alpha value is -2.52. The summed E-state index contributed by atoms with van der Waals surface area (Å²) in [4.78, 5) is 51.9. The molecular weight excluding hydrogens is 415 g/mol. The van der Waals surface area contributed by atoms with Gasteiger partial charge in [0, 0.05) is 25.6 Å². The van der Waals surface area contributed by atoms with Gasteiger partial charge in [0.05, 0.1) is 16.8 Å². The predicted molar refractivity (Wildman–Crippen MR) is 109 cm³/mol. The molecule has 0 saturated carbocycles. The summed E-state index contributed by atoms with van der Waals surface area (Å²) in [5.74, 6) is -2.99. The summed E-state index contributed by atoms with van der Waals surface area (Å²) < 4.78 is 14.8. The lowest BCUT2D eigenvalue weighted by molar-refractivity contribution is -0.136. The van der Waals surface area contributed by atoms with Crippen LogP contribution >= 0.6 is 12.4 Å². The Morgan fingerprint density at radius 1 is 1.07 bits per heavy atom. The van der Waals surface area contributed by atoms with Crippen molar-refractivity contribution < 1.29 is 23.6 Å². The summed E-state index contributed by atoms with van der Waals surface area (Å²) in [6.45, 7) is 4.22. The van der Waals surface area contributed by atoms with Gasteiger partial charge in [-0.05, 0) is 37.9 Å². The van der Waals surface area contributed by atoms with E-state index in [0.29, 0.717) is 24.8 Å². The Balaban J connectivity index is 0.00000256. The Bertz CT molecular complexity index is 901. The summed E-state index contributed by atoms with van der Waals surface area (Å²) in [7, 11) is 0. The van der Waals surface area contributed by atoms with Crippen LogP contribution in [0, 0.1) is 5.82 Å². The Morgan fingerprint density at radius 2 is 1.70 bits per heavy atom. The molecule has 3 aliphatic rings. The van der Waals surface area contributed by atoms with Crippen molar-refractivity contribution in [2.75, 3.05) is 24.5 Å². The fraction of sp³-hybridized carbons (Fsp3) is 0.500. The van der Waals surface area contributed by atoms with E-state index < -0.39 is 35.5 Å². The Labute approximate surface area is 179 Å². The molecule has 1 unspecified atom stereocenters. The second kappa shape index (κ2) is 8.69. The number of nitrogens with one attached hydrogen (secondary N) is 2. The van der Waals surface area contributed by atoms with Gasteiger partial charge in [-0.2, -0.15) is 0 Å². The number of benzene rings is 1. The van der Waals surface area contributed by atoms with Crippen molar-refractivity contribution in [1.29, 1.82) is 0 Å². The van der Waals surface area contributed by atoms with Crippen LogP contribution in [0.25, 0.3) is 0 Å². The molecule has 1 atom stereocenters. The molecule has 2 saturated heterocycles. The minimum absolute atomic E-state index is 0. The summed E-state index contributed by atoms with van der Waals surface area (Å²) in [6, 6.07) is 1.85. The summed E-state index contributed by atoms with van der Waals surface area (Å²) in [5, 5.41) is 5.54. The zero-order valence-electron chi connectivity index (χ0n) is 16.6. The van der Waals surface area contributed by atoms with Crippen molar-refractivity contribution in [2.45, 2.75) is 44.7 Å². The highest BCUT2D eigenvalue weighted by atomic mass is 35.5. The van der Waals surface area contributed by atoms with Gasteiger partial charge in [0.25, 0.3) is 11.8 Å². The first-order valence-corrected chi connectivity index (χ1v) is 9.94. The molecule has 0 bridgehead atoms. The monoisotopic (exact) mass is 438 g/mol. The first kappa shape index (κ1) is 22.2. The minimum Gasteiger partial charge on any atom is -0.369 e. The number of imide groups is 2. The van der Waals surface area contributed by atoms with Crippen molar-refractivity contribution in [3.8, 4) is 0 Å². The standard InChI is InChI=1S/C20H23FN4O4.ClH/c1-2-22-11-5-7-24(8-6-11)16-10-13-12(9-14(16)21)19(28)25(20(13)29)15-3-4-17(26)23-18(15)27;/h9-11,15,22H,2-8H2,1H3,(H,23,26,27);1H. The van der Waals surface area contributed by atoms with Crippen molar-refractivity contribution in [3.05, 3.63) is 29.1 Å². The highest BCUT2D eigenvalue weighted by Gasteiger charge is 2.45. The zero-order chi connectivity index (χ0) is 20.7. The van der Waals surface area contributed by atoms with E-state index in [2.05, 4.69) is 10.6 Å². The summed E-state index contributed by atoms with van der Waals surface area (Å²) >= 11 is 0. The molecule has 0 aromatic heterocycles. The molecule has 0 aliphatic carbocycles. The molecule has 8 nitrogen and oxygen atoms in total. The number of nitrogens with zero attached hydrogens (tertiary/aromatic N) is 2. The van der Waals surface area contributed by atoms with Crippen LogP contribution in [-0.4, -0.2) is 60.2 Å². The molecule has 4 rings (SSSR count). The second-order valence-corrected chi connectivity index (χ2v) is 7.62. The smallest absolute Gasteiger partial charge is 0.262 e. The maximum Gasteiger partial charge on any atom is 0.262 e. The lowest BCUT2D eigenvalue weighted by Crippen LogP contribution is -2.54. The van der Waals surface area contributed by atoms with Gasteiger partial charge >= 0.3 is 0 Å². The maximum absolute atomic E-state index is 14.8. The number of hydrogen-bond donors (Lipinski definition) is 2. The van der Waals surface area contributed by atoms with E-state index in [4.69, 9.17) is 0 Å². The van der Waals surface area contributed by atoms with Crippen LogP contribution in [0.5, 0.6) is 0 Å². The van der Waals surface area contributed by atoms with Crippen LogP contribution in [0.2, 0.25) is 0 Å². The number of carbonyl (C=O) groups is 4. The zero-order valence-corrected chi connectivity index (χ0v) is 17.4. The molecule has 1 aromatic carbocycles. The third-order valence-electron chi connectivity index (χ3n) is 5.84. The van der Waals surface area contributed by atoms with Crippen LogP contribution in [-0.2, 0) is 9.59 Å². The van der Waals surface area contributed by atoms with E-state index in [1.165, 1.54) is 6.07 Å². The number of halogens is 2. The molecule has 0 radical (unpaired) electrons. The molecular formula is C20H24ClFN4O4. The van der Waals surface area contributed by atoms with Crippen molar-refractivity contribution in [3.63, 3.8) is 0 Å². The first-order valence-electron chi connectivity index (χ1n) is 9.94. The lowest BCUT2D eigenvalue weighted by atomic mass is 10.0. The average molecular weight is 439 g/mol. The summed E-state index contributed by atoms with van der Waals surface area (Å²) in [5.41, 5.74) is 0.360. The van der Waals surface area contributed by atoms with Crippen molar-refractivity contribution in [2.24, 2.45) is 0 Å². The van der Waals surface area contributed by atoms with Gasteiger partial charge in [-0.15, -0.1) is 12.4 Å². The molecule has 0 spiro atoms. The molecule has 3 aliphatic heterocycles. The number of carbonyl (C=O) groups excluding carboxylic acids is 4. The molecule has 4 amide bonds. The van der Waals surface area contributed by atoms with Gasteiger partial charge < -0.3 is 10.2 Å². The SMILES string of the molecule is CCNC1CCN(c2cc3c(cc2F)C(=O)N(C2CCC(=O)NC2=O)C3=O)CC1.Cl.